The van der Waals surface area contributed by atoms with Gasteiger partial charge in [0.05, 0.1) is 6.42 Å². The fourth-order valence-corrected chi connectivity index (χ4v) is 2.53. The highest BCUT2D eigenvalue weighted by Gasteiger charge is 2.20. The van der Waals surface area contributed by atoms with Crippen molar-refractivity contribution < 1.29 is 14.3 Å². The molecule has 111 valence electrons. The highest BCUT2D eigenvalue weighted by Crippen LogP contribution is 2.32. The normalized spacial score (nSPS) is 13.3. The van der Waals surface area contributed by atoms with E-state index in [0.29, 0.717) is 0 Å². The van der Waals surface area contributed by atoms with Gasteiger partial charge in [0.1, 0.15) is 5.75 Å². The van der Waals surface area contributed by atoms with E-state index in [2.05, 4.69) is 20.8 Å². The van der Waals surface area contributed by atoms with Gasteiger partial charge in [0, 0.05) is 11.6 Å². The molecule has 1 aromatic rings. The van der Waals surface area contributed by atoms with Crippen LogP contribution in [0.5, 0.6) is 5.75 Å². The zero-order chi connectivity index (χ0) is 15.5. The quantitative estimate of drug-likeness (QED) is 0.819. The third-order valence-electron chi connectivity index (χ3n) is 2.99. The number of nitrogens with two attached hydrogens (primary N) is 1. The number of carboxylic acid groups (broad SMARTS) is 1. The van der Waals surface area contributed by atoms with Crippen LogP contribution in [0.25, 0.3) is 0 Å². The summed E-state index contributed by atoms with van der Waals surface area (Å²) in [6.07, 6.45) is -0.0965. The molecule has 5 heteroatoms. The van der Waals surface area contributed by atoms with Gasteiger partial charge in [-0.25, -0.2) is 0 Å². The Bertz CT molecular complexity index is 480. The number of aliphatic carboxylic acids is 1. The van der Waals surface area contributed by atoms with Crippen LogP contribution in [0, 0.1) is 0 Å². The van der Waals surface area contributed by atoms with Crippen molar-refractivity contribution in [2.75, 3.05) is 0 Å². The molecule has 0 fully saturated rings. The van der Waals surface area contributed by atoms with Gasteiger partial charge in [-0.15, -0.1) is 0 Å². The summed E-state index contributed by atoms with van der Waals surface area (Å²) >= 11 is 0. The number of benzene rings is 1. The smallest absolute Gasteiger partial charge is 0.305 e. The van der Waals surface area contributed by atoms with E-state index in [1.807, 2.05) is 31.3 Å². The monoisotopic (exact) mass is 294 g/mol. The standard InChI is InChI=1S/C15H24NO3Si/c1-15(2,3)10-6-7-11(12(16)9-14(17)18)13(8-10)19-20(4)5/h6-8,12H,9,16H2,1-5H3,(H,17,18)/t12-/m1/s1. The Labute approximate surface area is 122 Å². The molecule has 20 heavy (non-hydrogen) atoms. The van der Waals surface area contributed by atoms with E-state index in [1.165, 1.54) is 0 Å². The van der Waals surface area contributed by atoms with Crippen LogP contribution in [0.3, 0.4) is 0 Å². The molecular weight excluding hydrogens is 270 g/mol. The largest absolute Gasteiger partial charge is 0.542 e. The van der Waals surface area contributed by atoms with Gasteiger partial charge in [0.25, 0.3) is 9.04 Å². The first-order chi connectivity index (χ1) is 9.11. The van der Waals surface area contributed by atoms with Crippen LogP contribution in [-0.2, 0) is 10.2 Å². The summed E-state index contributed by atoms with van der Waals surface area (Å²) in [5, 5.41) is 8.89. The number of carbonyl (C=O) groups is 1. The van der Waals surface area contributed by atoms with Crippen molar-refractivity contribution in [2.45, 2.75) is 51.7 Å². The van der Waals surface area contributed by atoms with E-state index in [0.717, 1.165) is 16.9 Å². The first-order valence-corrected chi connectivity index (χ1v) is 9.12. The second-order valence-electron chi connectivity index (χ2n) is 6.22. The predicted molar refractivity (Wildman–Crippen MR) is 82.4 cm³/mol. The summed E-state index contributed by atoms with van der Waals surface area (Å²) in [7, 11) is -0.934. The summed E-state index contributed by atoms with van der Waals surface area (Å²) in [5.74, 6) is -0.174. The number of carboxylic acids is 1. The maximum atomic E-state index is 10.8. The Morgan fingerprint density at radius 2 is 2.00 bits per heavy atom. The van der Waals surface area contributed by atoms with E-state index in [9.17, 15) is 4.79 Å². The second-order valence-corrected chi connectivity index (χ2v) is 8.24. The molecule has 0 saturated carbocycles. The van der Waals surface area contributed by atoms with Crippen molar-refractivity contribution in [3.8, 4) is 5.75 Å². The molecule has 1 rings (SSSR count). The van der Waals surface area contributed by atoms with Crippen molar-refractivity contribution in [3.63, 3.8) is 0 Å². The lowest BCUT2D eigenvalue weighted by atomic mass is 9.85. The van der Waals surface area contributed by atoms with Crippen molar-refractivity contribution in [1.82, 2.24) is 0 Å². The molecule has 0 bridgehead atoms. The number of rotatable bonds is 5. The maximum Gasteiger partial charge on any atom is 0.305 e. The molecule has 0 amide bonds. The minimum atomic E-state index is -0.934. The van der Waals surface area contributed by atoms with Gasteiger partial charge in [-0.2, -0.15) is 0 Å². The molecule has 0 saturated heterocycles. The van der Waals surface area contributed by atoms with Gasteiger partial charge < -0.3 is 15.3 Å². The van der Waals surface area contributed by atoms with Crippen LogP contribution in [-0.4, -0.2) is 20.1 Å². The van der Waals surface area contributed by atoms with Gasteiger partial charge in [0.2, 0.25) is 0 Å². The summed E-state index contributed by atoms with van der Waals surface area (Å²) < 4.78 is 5.91. The Morgan fingerprint density at radius 1 is 1.40 bits per heavy atom. The van der Waals surface area contributed by atoms with Gasteiger partial charge in [-0.05, 0) is 30.1 Å². The molecule has 0 aliphatic heterocycles. The topological polar surface area (TPSA) is 72.5 Å². The van der Waals surface area contributed by atoms with Crippen LogP contribution in [0.4, 0.5) is 0 Å². The third-order valence-corrected chi connectivity index (χ3v) is 3.62. The first kappa shape index (κ1) is 16.7. The van der Waals surface area contributed by atoms with Crippen LogP contribution >= 0.6 is 0 Å². The number of hydrogen-bond donors (Lipinski definition) is 2. The SMILES string of the molecule is C[Si](C)Oc1cc(C(C)(C)C)ccc1[C@H](N)CC(=O)O. The van der Waals surface area contributed by atoms with Crippen LogP contribution in [0.2, 0.25) is 13.1 Å². The van der Waals surface area contributed by atoms with Crippen molar-refractivity contribution >= 4 is 15.0 Å². The van der Waals surface area contributed by atoms with Gasteiger partial charge in [0.15, 0.2) is 0 Å². The molecule has 0 aliphatic carbocycles. The fourth-order valence-electron chi connectivity index (χ4n) is 1.91. The molecule has 0 heterocycles. The number of hydrogen-bond acceptors (Lipinski definition) is 3. The average molecular weight is 294 g/mol. The molecule has 3 N–H and O–H groups in total. The minimum Gasteiger partial charge on any atom is -0.542 e. The molecule has 4 nitrogen and oxygen atoms in total. The molecule has 0 spiro atoms. The molecular formula is C15H24NO3Si. The Kier molecular flexibility index (Phi) is 5.36. The second kappa shape index (κ2) is 6.41. The van der Waals surface area contributed by atoms with E-state index in [-0.39, 0.29) is 11.8 Å². The molecule has 0 aromatic heterocycles. The Balaban J connectivity index is 3.19. The average Bonchev–Trinajstić information content (AvgIpc) is 2.25. The zero-order valence-electron chi connectivity index (χ0n) is 12.9. The highest BCUT2D eigenvalue weighted by atomic mass is 28.3. The molecule has 1 aromatic carbocycles. The van der Waals surface area contributed by atoms with E-state index in [1.54, 1.807) is 0 Å². The van der Waals surface area contributed by atoms with Gasteiger partial charge >= 0.3 is 5.97 Å². The predicted octanol–water partition coefficient (Wildman–Crippen LogP) is 3.09. The van der Waals surface area contributed by atoms with E-state index >= 15 is 0 Å². The summed E-state index contributed by atoms with van der Waals surface area (Å²) in [4.78, 5) is 10.8. The minimum absolute atomic E-state index is 0.0158. The molecule has 1 radical (unpaired) electrons. The summed E-state index contributed by atoms with van der Waals surface area (Å²) in [6.45, 7) is 10.5. The Morgan fingerprint density at radius 3 is 2.45 bits per heavy atom. The maximum absolute atomic E-state index is 10.8. The van der Waals surface area contributed by atoms with E-state index in [4.69, 9.17) is 15.3 Å². The fraction of sp³-hybridized carbons (Fsp3) is 0.533. The lowest BCUT2D eigenvalue weighted by Crippen LogP contribution is -2.20. The van der Waals surface area contributed by atoms with Crippen LogP contribution in [0.15, 0.2) is 18.2 Å². The summed E-state index contributed by atoms with van der Waals surface area (Å²) in [6, 6.07) is 5.35. The van der Waals surface area contributed by atoms with Crippen molar-refractivity contribution in [1.29, 1.82) is 0 Å². The molecule has 0 unspecified atom stereocenters. The van der Waals surface area contributed by atoms with Crippen molar-refractivity contribution in [2.24, 2.45) is 5.73 Å². The lowest BCUT2D eigenvalue weighted by molar-refractivity contribution is -0.137. The lowest BCUT2D eigenvalue weighted by Gasteiger charge is -2.24. The Hall–Kier alpha value is -1.33. The zero-order valence-corrected chi connectivity index (χ0v) is 13.9. The molecule has 0 aliphatic rings. The van der Waals surface area contributed by atoms with E-state index < -0.39 is 21.1 Å². The third kappa shape index (κ3) is 4.65. The highest BCUT2D eigenvalue weighted by molar-refractivity contribution is 6.49. The van der Waals surface area contributed by atoms with Crippen LogP contribution < -0.4 is 10.2 Å². The van der Waals surface area contributed by atoms with Crippen LogP contribution in [0.1, 0.15) is 44.4 Å². The first-order valence-electron chi connectivity index (χ1n) is 6.71. The molecule has 1 atom stereocenters. The summed E-state index contributed by atoms with van der Waals surface area (Å²) in [5.41, 5.74) is 7.92. The van der Waals surface area contributed by atoms with Crippen molar-refractivity contribution in [3.05, 3.63) is 29.3 Å². The van der Waals surface area contributed by atoms with Gasteiger partial charge in [-0.1, -0.05) is 32.9 Å². The van der Waals surface area contributed by atoms with Gasteiger partial charge in [-0.3, -0.25) is 4.79 Å².